The smallest absolute Gasteiger partial charge is 0.312 e. The standard InChI is InChI=1S/C13H16N4O3S/c1-6(15-13(14)19)12(18)17-8-5-11-9(4-10(8)20-3)16-7(2)21-11/h4-6H,1-3H3,(H,17,18)(H3,14,15,19)/t6-/m1/s1. The van der Waals surface area contributed by atoms with Crippen molar-refractivity contribution in [2.24, 2.45) is 5.73 Å². The van der Waals surface area contributed by atoms with Gasteiger partial charge in [0.05, 0.1) is 28.0 Å². The second kappa shape index (κ2) is 5.96. The van der Waals surface area contributed by atoms with E-state index in [2.05, 4.69) is 15.6 Å². The second-order valence-corrected chi connectivity index (χ2v) is 5.71. The fourth-order valence-corrected chi connectivity index (χ4v) is 2.70. The molecule has 0 aliphatic rings. The molecule has 8 heteroatoms. The summed E-state index contributed by atoms with van der Waals surface area (Å²) in [4.78, 5) is 27.1. The molecule has 1 aromatic heterocycles. The number of carbonyl (C=O) groups excluding carboxylic acids is 2. The van der Waals surface area contributed by atoms with Gasteiger partial charge in [0, 0.05) is 6.07 Å². The molecule has 1 atom stereocenters. The third-order valence-electron chi connectivity index (χ3n) is 2.83. The van der Waals surface area contributed by atoms with Crippen molar-refractivity contribution in [1.29, 1.82) is 0 Å². The number of primary amides is 1. The van der Waals surface area contributed by atoms with Crippen LogP contribution in [0.3, 0.4) is 0 Å². The van der Waals surface area contributed by atoms with Crippen LogP contribution in [-0.4, -0.2) is 30.1 Å². The van der Waals surface area contributed by atoms with Crippen molar-refractivity contribution in [2.45, 2.75) is 19.9 Å². The van der Waals surface area contributed by atoms with Crippen molar-refractivity contribution >= 4 is 39.2 Å². The molecule has 3 amide bonds. The Bertz CT molecular complexity index is 698. The van der Waals surface area contributed by atoms with Crippen molar-refractivity contribution in [1.82, 2.24) is 10.3 Å². The maximum atomic E-state index is 12.0. The number of methoxy groups -OCH3 is 1. The minimum Gasteiger partial charge on any atom is -0.494 e. The van der Waals surface area contributed by atoms with Crippen LogP contribution in [0.25, 0.3) is 10.2 Å². The maximum Gasteiger partial charge on any atom is 0.312 e. The highest BCUT2D eigenvalue weighted by molar-refractivity contribution is 7.18. The summed E-state index contributed by atoms with van der Waals surface area (Å²) in [7, 11) is 1.52. The number of nitrogens with two attached hydrogens (primary N) is 1. The summed E-state index contributed by atoms with van der Waals surface area (Å²) < 4.78 is 6.21. The molecule has 0 saturated carbocycles. The van der Waals surface area contributed by atoms with Gasteiger partial charge in [-0.05, 0) is 19.9 Å². The number of rotatable bonds is 4. The minimum absolute atomic E-state index is 0.382. The fraction of sp³-hybridized carbons (Fsp3) is 0.308. The van der Waals surface area contributed by atoms with Crippen molar-refractivity contribution in [3.05, 3.63) is 17.1 Å². The van der Waals surface area contributed by atoms with Gasteiger partial charge in [0.15, 0.2) is 0 Å². The first-order valence-electron chi connectivity index (χ1n) is 6.22. The molecular formula is C13H16N4O3S. The molecule has 1 heterocycles. The summed E-state index contributed by atoms with van der Waals surface area (Å²) in [6, 6.07) is 2.07. The van der Waals surface area contributed by atoms with Crippen LogP contribution in [0.5, 0.6) is 5.75 Å². The Balaban J connectivity index is 2.27. The summed E-state index contributed by atoms with van der Waals surface area (Å²) >= 11 is 1.52. The van der Waals surface area contributed by atoms with E-state index in [-0.39, 0.29) is 5.91 Å². The van der Waals surface area contributed by atoms with E-state index in [1.54, 1.807) is 19.1 Å². The van der Waals surface area contributed by atoms with Gasteiger partial charge in [-0.1, -0.05) is 0 Å². The summed E-state index contributed by atoms with van der Waals surface area (Å²) in [5.41, 5.74) is 6.34. The van der Waals surface area contributed by atoms with E-state index in [0.29, 0.717) is 11.4 Å². The van der Waals surface area contributed by atoms with E-state index in [9.17, 15) is 9.59 Å². The first-order valence-corrected chi connectivity index (χ1v) is 7.04. The van der Waals surface area contributed by atoms with Gasteiger partial charge in [0.25, 0.3) is 0 Å². The number of amides is 3. The quantitative estimate of drug-likeness (QED) is 0.797. The monoisotopic (exact) mass is 308 g/mol. The Hall–Kier alpha value is -2.35. The summed E-state index contributed by atoms with van der Waals surface area (Å²) in [5.74, 6) is 0.125. The Kier molecular flexibility index (Phi) is 4.27. The lowest BCUT2D eigenvalue weighted by atomic mass is 10.2. The molecule has 21 heavy (non-hydrogen) atoms. The number of aryl methyl sites for hydroxylation is 1. The zero-order valence-corrected chi connectivity index (χ0v) is 12.7. The largest absolute Gasteiger partial charge is 0.494 e. The molecule has 0 saturated heterocycles. The van der Waals surface area contributed by atoms with E-state index in [4.69, 9.17) is 10.5 Å². The first-order chi connectivity index (χ1) is 9.90. The predicted octanol–water partition coefficient (Wildman–Crippen LogP) is 1.61. The van der Waals surface area contributed by atoms with Crippen molar-refractivity contribution in [2.75, 3.05) is 12.4 Å². The van der Waals surface area contributed by atoms with Crippen LogP contribution in [0.15, 0.2) is 12.1 Å². The average Bonchev–Trinajstić information content (AvgIpc) is 2.75. The van der Waals surface area contributed by atoms with Gasteiger partial charge in [-0.3, -0.25) is 4.79 Å². The molecule has 0 radical (unpaired) electrons. The van der Waals surface area contributed by atoms with E-state index in [0.717, 1.165) is 15.2 Å². The second-order valence-electron chi connectivity index (χ2n) is 4.47. The highest BCUT2D eigenvalue weighted by atomic mass is 32.1. The lowest BCUT2D eigenvalue weighted by Crippen LogP contribution is -2.44. The predicted molar refractivity (Wildman–Crippen MR) is 81.7 cm³/mol. The Morgan fingerprint density at radius 1 is 1.43 bits per heavy atom. The van der Waals surface area contributed by atoms with Gasteiger partial charge < -0.3 is 21.1 Å². The lowest BCUT2D eigenvalue weighted by molar-refractivity contribution is -0.117. The van der Waals surface area contributed by atoms with Gasteiger partial charge in [0.2, 0.25) is 5.91 Å². The van der Waals surface area contributed by atoms with Crippen LogP contribution in [0.1, 0.15) is 11.9 Å². The number of anilines is 1. The molecule has 112 valence electrons. The summed E-state index contributed by atoms with van der Waals surface area (Å²) in [5, 5.41) is 5.96. The third-order valence-corrected chi connectivity index (χ3v) is 3.76. The zero-order valence-electron chi connectivity index (χ0n) is 11.9. The van der Waals surface area contributed by atoms with Crippen LogP contribution in [0, 0.1) is 6.92 Å². The SMILES string of the molecule is COc1cc2nc(C)sc2cc1NC(=O)[C@@H](C)NC(N)=O. The number of hydrogen-bond donors (Lipinski definition) is 3. The Morgan fingerprint density at radius 3 is 2.76 bits per heavy atom. The molecule has 0 spiro atoms. The highest BCUT2D eigenvalue weighted by Crippen LogP contribution is 2.33. The Labute approximate surface area is 125 Å². The molecule has 0 aliphatic heterocycles. The van der Waals surface area contributed by atoms with Crippen molar-refractivity contribution in [3.63, 3.8) is 0 Å². The topological polar surface area (TPSA) is 106 Å². The minimum atomic E-state index is -0.752. The van der Waals surface area contributed by atoms with Gasteiger partial charge in [-0.2, -0.15) is 0 Å². The lowest BCUT2D eigenvalue weighted by Gasteiger charge is -2.14. The number of urea groups is 1. The van der Waals surface area contributed by atoms with Crippen LogP contribution in [0.4, 0.5) is 10.5 Å². The highest BCUT2D eigenvalue weighted by Gasteiger charge is 2.17. The molecule has 0 aliphatic carbocycles. The maximum absolute atomic E-state index is 12.0. The van der Waals surface area contributed by atoms with Crippen molar-refractivity contribution in [3.8, 4) is 5.75 Å². The van der Waals surface area contributed by atoms with Crippen molar-refractivity contribution < 1.29 is 14.3 Å². The zero-order chi connectivity index (χ0) is 15.6. The van der Waals surface area contributed by atoms with Gasteiger partial charge in [0.1, 0.15) is 11.8 Å². The first kappa shape index (κ1) is 15.0. The number of hydrogen-bond acceptors (Lipinski definition) is 5. The van der Waals surface area contributed by atoms with E-state index in [1.165, 1.54) is 18.4 Å². The summed E-state index contributed by atoms with van der Waals surface area (Å²) in [6.07, 6.45) is 0. The van der Waals surface area contributed by atoms with Gasteiger partial charge >= 0.3 is 6.03 Å². The van der Waals surface area contributed by atoms with Gasteiger partial charge in [-0.25, -0.2) is 9.78 Å². The number of fused-ring (bicyclic) bond motifs is 1. The number of ether oxygens (including phenoxy) is 1. The number of nitrogens with zero attached hydrogens (tertiary/aromatic N) is 1. The Morgan fingerprint density at radius 2 is 2.14 bits per heavy atom. The van der Waals surface area contributed by atoms with E-state index < -0.39 is 12.1 Å². The molecule has 0 bridgehead atoms. The number of carbonyl (C=O) groups is 2. The van der Waals surface area contributed by atoms with Crippen LogP contribution in [-0.2, 0) is 4.79 Å². The third kappa shape index (κ3) is 3.40. The number of aromatic nitrogens is 1. The molecular weight excluding hydrogens is 292 g/mol. The number of thiazole rings is 1. The van der Waals surface area contributed by atoms with Crippen LogP contribution < -0.4 is 21.1 Å². The molecule has 7 nitrogen and oxygen atoms in total. The molecule has 0 unspecified atom stereocenters. The number of nitrogens with one attached hydrogen (secondary N) is 2. The number of benzene rings is 1. The molecule has 2 aromatic rings. The normalized spacial score (nSPS) is 12.0. The van der Waals surface area contributed by atoms with Gasteiger partial charge in [-0.15, -0.1) is 11.3 Å². The molecule has 1 aromatic carbocycles. The molecule has 2 rings (SSSR count). The fourth-order valence-electron chi connectivity index (χ4n) is 1.86. The molecule has 4 N–H and O–H groups in total. The van der Waals surface area contributed by atoms with Crippen LogP contribution >= 0.6 is 11.3 Å². The van der Waals surface area contributed by atoms with Crippen LogP contribution in [0.2, 0.25) is 0 Å². The van der Waals surface area contributed by atoms with E-state index >= 15 is 0 Å². The average molecular weight is 308 g/mol. The van der Waals surface area contributed by atoms with E-state index in [1.807, 2.05) is 6.92 Å². The summed E-state index contributed by atoms with van der Waals surface area (Å²) in [6.45, 7) is 3.45. The molecule has 0 fully saturated rings.